The van der Waals surface area contributed by atoms with Crippen molar-refractivity contribution in [1.82, 2.24) is 0 Å². The largest absolute Gasteiger partial charge is 0.391 e. The van der Waals surface area contributed by atoms with Gasteiger partial charge in [0.05, 0.1) is 5.92 Å². The van der Waals surface area contributed by atoms with Crippen LogP contribution in [0.2, 0.25) is 0 Å². The first-order chi connectivity index (χ1) is 5.54. The molecule has 0 aromatic carbocycles. The molecule has 72 valence electrons. The van der Waals surface area contributed by atoms with Gasteiger partial charge in [0.1, 0.15) is 0 Å². The molecule has 12 heavy (non-hydrogen) atoms. The van der Waals surface area contributed by atoms with Crippen molar-refractivity contribution in [3.63, 3.8) is 0 Å². The predicted octanol–water partition coefficient (Wildman–Crippen LogP) is 3.47. The van der Waals surface area contributed by atoms with Crippen LogP contribution in [0.25, 0.3) is 0 Å². The fourth-order valence-corrected chi connectivity index (χ4v) is 2.37. The smallest absolute Gasteiger partial charge is 0.171 e. The third kappa shape index (κ3) is 2.57. The summed E-state index contributed by atoms with van der Waals surface area (Å²) in [6, 6.07) is 0. The third-order valence-electron chi connectivity index (χ3n) is 2.47. The molecule has 0 atom stereocenters. The Morgan fingerprint density at radius 2 is 1.58 bits per heavy atom. The third-order valence-corrected chi connectivity index (χ3v) is 3.61. The number of hydrogen-bond donors (Lipinski definition) is 0. The minimum absolute atomic E-state index is 0.328. The molecule has 0 N–H and O–H groups in total. The van der Waals surface area contributed by atoms with E-state index in [4.69, 9.17) is 0 Å². The van der Waals surface area contributed by atoms with Gasteiger partial charge < -0.3 is 0 Å². The molecule has 0 spiro atoms. The molecule has 4 heteroatoms. The van der Waals surface area contributed by atoms with Crippen LogP contribution in [0.5, 0.6) is 0 Å². The zero-order valence-corrected chi connectivity index (χ0v) is 7.84. The molecule has 1 rings (SSSR count). The fraction of sp³-hybridized carbons (Fsp3) is 1.00. The van der Waals surface area contributed by atoms with Gasteiger partial charge in [-0.05, 0) is 31.9 Å². The van der Waals surface area contributed by atoms with Crippen LogP contribution in [-0.4, -0.2) is 17.7 Å². The topological polar surface area (TPSA) is 0 Å². The lowest BCUT2D eigenvalue weighted by Crippen LogP contribution is -2.28. The highest BCUT2D eigenvalue weighted by atomic mass is 32.2. The Hall–Kier alpha value is 0.140. The van der Waals surface area contributed by atoms with Crippen LogP contribution in [0.15, 0.2) is 0 Å². The number of halogens is 3. The Bertz CT molecular complexity index is 136. The molecule has 0 unspecified atom stereocenters. The Kier molecular flexibility index (Phi) is 3.32. The quantitative estimate of drug-likeness (QED) is 0.621. The molecule has 0 aromatic heterocycles. The van der Waals surface area contributed by atoms with Crippen LogP contribution < -0.4 is 0 Å². The zero-order chi connectivity index (χ0) is 9.19. The second-order valence-electron chi connectivity index (χ2n) is 3.25. The average Bonchev–Trinajstić information content (AvgIpc) is 2.03. The van der Waals surface area contributed by atoms with Crippen LogP contribution in [0.4, 0.5) is 13.2 Å². The van der Waals surface area contributed by atoms with E-state index in [2.05, 4.69) is 0 Å². The van der Waals surface area contributed by atoms with Crippen LogP contribution in [0.1, 0.15) is 25.7 Å². The van der Waals surface area contributed by atoms with Gasteiger partial charge >= 0.3 is 6.18 Å². The van der Waals surface area contributed by atoms with Gasteiger partial charge in [0.25, 0.3) is 0 Å². The van der Waals surface area contributed by atoms with Crippen molar-refractivity contribution in [2.45, 2.75) is 37.1 Å². The molecule has 1 aliphatic carbocycles. The Morgan fingerprint density at radius 3 is 1.92 bits per heavy atom. The summed E-state index contributed by atoms with van der Waals surface area (Å²) in [5.41, 5.74) is 0. The van der Waals surface area contributed by atoms with Gasteiger partial charge in [0.2, 0.25) is 0 Å². The van der Waals surface area contributed by atoms with Crippen molar-refractivity contribution in [1.29, 1.82) is 0 Å². The summed E-state index contributed by atoms with van der Waals surface area (Å²) in [5, 5.41) is 0.462. The highest BCUT2D eigenvalue weighted by molar-refractivity contribution is 7.99. The van der Waals surface area contributed by atoms with Crippen molar-refractivity contribution in [2.24, 2.45) is 5.92 Å². The standard InChI is InChI=1S/C8H13F3S/c1-12-7-4-2-6(3-5-7)8(9,10)11/h6-7H,2-5H2,1H3/t6-,7-. The van der Waals surface area contributed by atoms with Crippen molar-refractivity contribution in [3.8, 4) is 0 Å². The van der Waals surface area contributed by atoms with Crippen molar-refractivity contribution in [2.75, 3.05) is 6.26 Å². The first-order valence-electron chi connectivity index (χ1n) is 4.13. The molecule has 0 radical (unpaired) electrons. The minimum Gasteiger partial charge on any atom is -0.171 e. The van der Waals surface area contributed by atoms with Crippen molar-refractivity contribution >= 4 is 11.8 Å². The Morgan fingerprint density at radius 1 is 1.08 bits per heavy atom. The fourth-order valence-electron chi connectivity index (χ4n) is 1.63. The van der Waals surface area contributed by atoms with Gasteiger partial charge in [-0.25, -0.2) is 0 Å². The molecular weight excluding hydrogens is 185 g/mol. The van der Waals surface area contributed by atoms with Gasteiger partial charge in [-0.3, -0.25) is 0 Å². The molecule has 0 amide bonds. The van der Waals surface area contributed by atoms with Gasteiger partial charge in [0, 0.05) is 5.25 Å². The summed E-state index contributed by atoms with van der Waals surface area (Å²) in [7, 11) is 0. The van der Waals surface area contributed by atoms with Crippen molar-refractivity contribution in [3.05, 3.63) is 0 Å². The molecule has 0 heterocycles. The SMILES string of the molecule is CS[C@H]1CC[C@H](C(F)(F)F)CC1. The van der Waals surface area contributed by atoms with Crippen LogP contribution in [0, 0.1) is 5.92 Å². The van der Waals surface area contributed by atoms with Crippen LogP contribution in [-0.2, 0) is 0 Å². The van der Waals surface area contributed by atoms with Crippen LogP contribution in [0.3, 0.4) is 0 Å². The Balaban J connectivity index is 2.36. The van der Waals surface area contributed by atoms with Gasteiger partial charge in [-0.1, -0.05) is 0 Å². The van der Waals surface area contributed by atoms with E-state index in [9.17, 15) is 13.2 Å². The van der Waals surface area contributed by atoms with E-state index in [1.807, 2.05) is 6.26 Å². The second kappa shape index (κ2) is 3.90. The molecule has 0 nitrogen and oxygen atoms in total. The molecule has 0 saturated heterocycles. The van der Waals surface area contributed by atoms with E-state index in [0.717, 1.165) is 12.8 Å². The summed E-state index contributed by atoms with van der Waals surface area (Å²) < 4.78 is 36.5. The summed E-state index contributed by atoms with van der Waals surface area (Å²) >= 11 is 1.69. The molecule has 1 aliphatic rings. The molecule has 1 saturated carbocycles. The normalized spacial score (nSPS) is 32.0. The minimum atomic E-state index is -3.95. The molecule has 0 aromatic rings. The Labute approximate surface area is 74.9 Å². The zero-order valence-electron chi connectivity index (χ0n) is 7.03. The van der Waals surface area contributed by atoms with E-state index in [1.54, 1.807) is 11.8 Å². The highest BCUT2D eigenvalue weighted by Crippen LogP contribution is 2.39. The van der Waals surface area contributed by atoms with Gasteiger partial charge in [-0.15, -0.1) is 0 Å². The maximum Gasteiger partial charge on any atom is 0.391 e. The summed E-state index contributed by atoms with van der Waals surface area (Å²) in [5.74, 6) is -1.03. The first kappa shape index (κ1) is 10.2. The lowest BCUT2D eigenvalue weighted by atomic mass is 9.88. The van der Waals surface area contributed by atoms with E-state index in [1.165, 1.54) is 0 Å². The summed E-state index contributed by atoms with van der Waals surface area (Å²) in [6.07, 6.45) is 0.128. The average molecular weight is 198 g/mol. The first-order valence-corrected chi connectivity index (χ1v) is 5.42. The van der Waals surface area contributed by atoms with E-state index in [0.29, 0.717) is 18.1 Å². The number of rotatable bonds is 1. The monoisotopic (exact) mass is 198 g/mol. The van der Waals surface area contributed by atoms with Crippen molar-refractivity contribution < 1.29 is 13.2 Å². The predicted molar refractivity (Wildman–Crippen MR) is 45.3 cm³/mol. The summed E-state index contributed by atoms with van der Waals surface area (Å²) in [4.78, 5) is 0. The lowest BCUT2D eigenvalue weighted by Gasteiger charge is -2.28. The van der Waals surface area contributed by atoms with Crippen LogP contribution >= 0.6 is 11.8 Å². The highest BCUT2D eigenvalue weighted by Gasteiger charge is 2.41. The van der Waals surface area contributed by atoms with E-state index < -0.39 is 12.1 Å². The van der Waals surface area contributed by atoms with Gasteiger partial charge in [-0.2, -0.15) is 24.9 Å². The maximum absolute atomic E-state index is 12.2. The molecule has 0 bridgehead atoms. The molecule has 0 aliphatic heterocycles. The van der Waals surface area contributed by atoms with E-state index in [-0.39, 0.29) is 0 Å². The lowest BCUT2D eigenvalue weighted by molar-refractivity contribution is -0.181. The number of thioether (sulfide) groups is 1. The maximum atomic E-state index is 12.2. The summed E-state index contributed by atoms with van der Waals surface area (Å²) in [6.45, 7) is 0. The van der Waals surface area contributed by atoms with Gasteiger partial charge in [0.15, 0.2) is 0 Å². The number of hydrogen-bond acceptors (Lipinski definition) is 1. The second-order valence-corrected chi connectivity index (χ2v) is 4.39. The molecular formula is C8H13F3S. The number of alkyl halides is 3. The van der Waals surface area contributed by atoms with E-state index >= 15 is 0 Å². The molecule has 1 fully saturated rings.